The van der Waals surface area contributed by atoms with E-state index in [0.717, 1.165) is 16.6 Å². The molecule has 1 atom stereocenters. The summed E-state index contributed by atoms with van der Waals surface area (Å²) in [6.07, 6.45) is 7.55. The van der Waals surface area contributed by atoms with Gasteiger partial charge in [-0.05, 0) is 12.1 Å². The number of rotatable bonds is 1. The molecule has 4 heteroatoms. The lowest BCUT2D eigenvalue weighted by molar-refractivity contribution is -0.117. The largest absolute Gasteiger partial charge is 0.310 e. The molecule has 84 valence electrons. The van der Waals surface area contributed by atoms with Crippen molar-refractivity contribution in [3.05, 3.63) is 24.4 Å². The Balaban J connectivity index is 2.08. The third-order valence-corrected chi connectivity index (χ3v) is 3.11. The number of hydrogen-bond donors (Lipinski definition) is 1. The number of carbonyl (C=O) groups is 1. The van der Waals surface area contributed by atoms with Crippen LogP contribution in [0.2, 0.25) is 0 Å². The first-order chi connectivity index (χ1) is 8.29. The fraction of sp³-hybridized carbons (Fsp3) is 0.231. The zero-order valence-electron chi connectivity index (χ0n) is 9.18. The first kappa shape index (κ1) is 9.91. The zero-order valence-corrected chi connectivity index (χ0v) is 9.18. The van der Waals surface area contributed by atoms with Crippen LogP contribution in [0.5, 0.6) is 0 Å². The molecule has 1 aromatic heterocycles. The summed E-state index contributed by atoms with van der Waals surface area (Å²) in [7, 11) is 0. The third kappa shape index (κ3) is 1.48. The molecule has 0 saturated carbocycles. The van der Waals surface area contributed by atoms with Crippen LogP contribution in [-0.4, -0.2) is 22.6 Å². The molecule has 0 spiro atoms. The van der Waals surface area contributed by atoms with Crippen molar-refractivity contribution in [2.45, 2.75) is 6.42 Å². The smallest absolute Gasteiger partial charge is 0.228 e. The number of hydrogen-bond acceptors (Lipinski definition) is 2. The van der Waals surface area contributed by atoms with Gasteiger partial charge >= 0.3 is 0 Å². The van der Waals surface area contributed by atoms with Crippen LogP contribution in [0, 0.1) is 18.3 Å². The molecule has 1 aliphatic rings. The number of H-pyrrole nitrogens is 1. The average molecular weight is 225 g/mol. The van der Waals surface area contributed by atoms with E-state index in [4.69, 9.17) is 6.42 Å². The van der Waals surface area contributed by atoms with Crippen molar-refractivity contribution in [3.8, 4) is 12.3 Å². The Morgan fingerprint density at radius 3 is 3.18 bits per heavy atom. The van der Waals surface area contributed by atoms with Crippen molar-refractivity contribution in [2.75, 3.05) is 11.4 Å². The minimum atomic E-state index is 0.0182. The maximum absolute atomic E-state index is 11.9. The average Bonchev–Trinajstić information content (AvgIpc) is 2.94. The topological polar surface area (TPSA) is 49.0 Å². The second kappa shape index (κ2) is 3.63. The van der Waals surface area contributed by atoms with E-state index in [1.165, 1.54) is 0 Å². The Morgan fingerprint density at radius 1 is 1.53 bits per heavy atom. The Morgan fingerprint density at radius 2 is 2.41 bits per heavy atom. The summed E-state index contributed by atoms with van der Waals surface area (Å²) < 4.78 is 0. The number of nitrogens with one attached hydrogen (secondary N) is 1. The summed E-state index contributed by atoms with van der Waals surface area (Å²) in [5, 5.41) is 7.85. The van der Waals surface area contributed by atoms with E-state index < -0.39 is 0 Å². The standard InChI is InChI=1S/C13H11N3O/c1-2-9-6-13(17)16(8-9)12-5-3-4-11-10(12)7-14-15-11/h1,3-5,7,9H,6,8H2,(H,14,15). The fourth-order valence-corrected chi connectivity index (χ4v) is 2.24. The molecule has 1 unspecified atom stereocenters. The molecule has 1 fully saturated rings. The lowest BCUT2D eigenvalue weighted by atomic mass is 10.1. The van der Waals surface area contributed by atoms with Crippen molar-refractivity contribution in [2.24, 2.45) is 5.92 Å². The molecule has 1 aromatic carbocycles. The predicted octanol–water partition coefficient (Wildman–Crippen LogP) is 1.55. The molecule has 0 bridgehead atoms. The van der Waals surface area contributed by atoms with Gasteiger partial charge in [0.15, 0.2) is 0 Å². The monoisotopic (exact) mass is 225 g/mol. The Kier molecular flexibility index (Phi) is 2.12. The Hall–Kier alpha value is -2.28. The Bertz CT molecular complexity index is 623. The quantitative estimate of drug-likeness (QED) is 0.748. The minimum Gasteiger partial charge on any atom is -0.310 e. The third-order valence-electron chi connectivity index (χ3n) is 3.11. The van der Waals surface area contributed by atoms with Gasteiger partial charge in [-0.3, -0.25) is 9.89 Å². The van der Waals surface area contributed by atoms with Gasteiger partial charge in [-0.2, -0.15) is 5.10 Å². The normalized spacial score (nSPS) is 19.8. The molecule has 4 nitrogen and oxygen atoms in total. The highest BCUT2D eigenvalue weighted by Gasteiger charge is 2.30. The van der Waals surface area contributed by atoms with Crippen molar-refractivity contribution < 1.29 is 4.79 Å². The summed E-state index contributed by atoms with van der Waals surface area (Å²) >= 11 is 0. The molecule has 2 heterocycles. The van der Waals surface area contributed by atoms with E-state index in [0.29, 0.717) is 13.0 Å². The molecular weight excluding hydrogens is 214 g/mol. The zero-order chi connectivity index (χ0) is 11.8. The number of benzene rings is 1. The van der Waals surface area contributed by atoms with Crippen LogP contribution in [0.3, 0.4) is 0 Å². The van der Waals surface area contributed by atoms with E-state index in [2.05, 4.69) is 16.1 Å². The van der Waals surface area contributed by atoms with Crippen LogP contribution >= 0.6 is 0 Å². The van der Waals surface area contributed by atoms with Crippen LogP contribution in [0.1, 0.15) is 6.42 Å². The van der Waals surface area contributed by atoms with Gasteiger partial charge in [-0.15, -0.1) is 12.3 Å². The molecule has 1 aliphatic heterocycles. The minimum absolute atomic E-state index is 0.0182. The maximum Gasteiger partial charge on any atom is 0.228 e. The number of carbonyl (C=O) groups excluding carboxylic acids is 1. The first-order valence-corrected chi connectivity index (χ1v) is 5.48. The van der Waals surface area contributed by atoms with Gasteiger partial charge in [0.1, 0.15) is 0 Å². The van der Waals surface area contributed by atoms with Gasteiger partial charge < -0.3 is 4.90 Å². The van der Waals surface area contributed by atoms with Crippen LogP contribution in [0.4, 0.5) is 5.69 Å². The molecule has 2 aromatic rings. The van der Waals surface area contributed by atoms with E-state index in [9.17, 15) is 4.79 Å². The summed E-state index contributed by atoms with van der Waals surface area (Å²) in [5.41, 5.74) is 1.82. The predicted molar refractivity (Wildman–Crippen MR) is 65.4 cm³/mol. The number of aromatic amines is 1. The van der Waals surface area contributed by atoms with Gasteiger partial charge in [-0.1, -0.05) is 6.07 Å². The summed E-state index contributed by atoms with van der Waals surface area (Å²) in [6, 6.07) is 5.77. The molecule has 3 rings (SSSR count). The molecule has 1 amide bonds. The van der Waals surface area contributed by atoms with Crippen molar-refractivity contribution in [3.63, 3.8) is 0 Å². The van der Waals surface area contributed by atoms with E-state index in [-0.39, 0.29) is 11.8 Å². The Labute approximate surface area is 98.6 Å². The van der Waals surface area contributed by atoms with E-state index in [1.54, 1.807) is 11.1 Å². The lowest BCUT2D eigenvalue weighted by Gasteiger charge is -2.16. The van der Waals surface area contributed by atoms with Gasteiger partial charge in [0.2, 0.25) is 5.91 Å². The molecule has 0 radical (unpaired) electrons. The summed E-state index contributed by atoms with van der Waals surface area (Å²) in [4.78, 5) is 13.7. The number of aromatic nitrogens is 2. The summed E-state index contributed by atoms with van der Waals surface area (Å²) in [5.74, 6) is 2.75. The molecular formula is C13H11N3O. The second-order valence-electron chi connectivity index (χ2n) is 4.18. The highest BCUT2D eigenvalue weighted by molar-refractivity contribution is 6.04. The van der Waals surface area contributed by atoms with Crippen molar-refractivity contribution >= 4 is 22.5 Å². The van der Waals surface area contributed by atoms with E-state index in [1.807, 2.05) is 18.2 Å². The fourth-order valence-electron chi connectivity index (χ4n) is 2.24. The van der Waals surface area contributed by atoms with Gasteiger partial charge in [-0.25, -0.2) is 0 Å². The number of terminal acetylenes is 1. The SMILES string of the molecule is C#CC1CC(=O)N(c2cccc3[nH]ncc23)C1. The number of anilines is 1. The van der Waals surface area contributed by atoms with Crippen LogP contribution < -0.4 is 4.90 Å². The highest BCUT2D eigenvalue weighted by Crippen LogP contribution is 2.30. The summed E-state index contributed by atoms with van der Waals surface area (Å²) in [6.45, 7) is 0.597. The van der Waals surface area contributed by atoms with Crippen LogP contribution in [0.15, 0.2) is 24.4 Å². The van der Waals surface area contributed by atoms with Crippen LogP contribution in [0.25, 0.3) is 10.9 Å². The highest BCUT2D eigenvalue weighted by atomic mass is 16.2. The van der Waals surface area contributed by atoms with Gasteiger partial charge in [0.25, 0.3) is 0 Å². The maximum atomic E-state index is 11.9. The number of fused-ring (bicyclic) bond motifs is 1. The van der Waals surface area contributed by atoms with Crippen molar-refractivity contribution in [1.29, 1.82) is 0 Å². The van der Waals surface area contributed by atoms with E-state index >= 15 is 0 Å². The lowest BCUT2D eigenvalue weighted by Crippen LogP contribution is -2.24. The van der Waals surface area contributed by atoms with Gasteiger partial charge in [0.05, 0.1) is 17.4 Å². The molecule has 17 heavy (non-hydrogen) atoms. The number of nitrogens with zero attached hydrogens (tertiary/aromatic N) is 2. The van der Waals surface area contributed by atoms with Gasteiger partial charge in [0, 0.05) is 24.3 Å². The van der Waals surface area contributed by atoms with Crippen molar-refractivity contribution in [1.82, 2.24) is 10.2 Å². The molecule has 0 aliphatic carbocycles. The number of amides is 1. The molecule has 1 N–H and O–H groups in total. The molecule has 1 saturated heterocycles. The van der Waals surface area contributed by atoms with Crippen LogP contribution in [-0.2, 0) is 4.79 Å². The second-order valence-corrected chi connectivity index (χ2v) is 4.18. The first-order valence-electron chi connectivity index (χ1n) is 5.48.